The minimum Gasteiger partial charge on any atom is -0.308 e. The summed E-state index contributed by atoms with van der Waals surface area (Å²) in [5, 5.41) is 3.99. The van der Waals surface area contributed by atoms with Gasteiger partial charge in [-0.15, -0.1) is 0 Å². The van der Waals surface area contributed by atoms with E-state index in [1.54, 1.807) is 6.07 Å². The predicted molar refractivity (Wildman–Crippen MR) is 80.0 cm³/mol. The summed E-state index contributed by atoms with van der Waals surface area (Å²) in [6.07, 6.45) is 1.13. The molecule has 0 saturated heterocycles. The molecular weight excluding hydrogens is 269 g/mol. The number of benzene rings is 1. The Morgan fingerprint density at radius 1 is 1.39 bits per heavy atom. The molecule has 0 aromatic heterocycles. The highest BCUT2D eigenvalue weighted by molar-refractivity contribution is 7.99. The lowest BCUT2D eigenvalue weighted by Crippen LogP contribution is -2.29. The largest absolute Gasteiger partial charge is 0.308 e. The first kappa shape index (κ1) is 15.8. The van der Waals surface area contributed by atoms with Crippen molar-refractivity contribution in [1.29, 1.82) is 0 Å². The molecule has 0 amide bonds. The Bertz CT molecular complexity index is 373. The van der Waals surface area contributed by atoms with Crippen LogP contribution in [0.4, 0.5) is 4.39 Å². The molecule has 1 aromatic carbocycles. The van der Waals surface area contributed by atoms with Crippen molar-refractivity contribution in [3.63, 3.8) is 0 Å². The Balaban J connectivity index is 2.51. The third kappa shape index (κ3) is 5.17. The van der Waals surface area contributed by atoms with E-state index in [-0.39, 0.29) is 11.9 Å². The molecule has 0 aliphatic carbocycles. The summed E-state index contributed by atoms with van der Waals surface area (Å²) in [6, 6.07) is 5.15. The van der Waals surface area contributed by atoms with Crippen LogP contribution < -0.4 is 5.32 Å². The van der Waals surface area contributed by atoms with Crippen LogP contribution in [-0.4, -0.2) is 17.5 Å². The zero-order valence-corrected chi connectivity index (χ0v) is 12.7. The molecule has 0 aliphatic rings. The fourth-order valence-electron chi connectivity index (χ4n) is 1.86. The van der Waals surface area contributed by atoms with Gasteiger partial charge in [0.25, 0.3) is 0 Å². The van der Waals surface area contributed by atoms with Crippen LogP contribution in [0.1, 0.15) is 38.8 Å². The summed E-state index contributed by atoms with van der Waals surface area (Å²) >= 11 is 8.00. The van der Waals surface area contributed by atoms with Crippen LogP contribution in [0.5, 0.6) is 0 Å². The molecule has 0 saturated carbocycles. The highest BCUT2D eigenvalue weighted by atomic mass is 35.5. The van der Waals surface area contributed by atoms with Gasteiger partial charge in [0.05, 0.1) is 0 Å². The minimum absolute atomic E-state index is 0.139. The van der Waals surface area contributed by atoms with Crippen molar-refractivity contribution in [2.24, 2.45) is 0 Å². The smallest absolute Gasteiger partial charge is 0.124 e. The van der Waals surface area contributed by atoms with E-state index in [9.17, 15) is 4.39 Å². The van der Waals surface area contributed by atoms with Crippen molar-refractivity contribution in [2.75, 3.05) is 11.5 Å². The van der Waals surface area contributed by atoms with Gasteiger partial charge in [-0.2, -0.15) is 11.8 Å². The number of hydrogen-bond acceptors (Lipinski definition) is 2. The van der Waals surface area contributed by atoms with Crippen molar-refractivity contribution in [1.82, 2.24) is 5.32 Å². The summed E-state index contributed by atoms with van der Waals surface area (Å²) in [5.41, 5.74) is 0.952. The molecule has 1 N–H and O–H groups in total. The zero-order valence-electron chi connectivity index (χ0n) is 11.2. The number of rotatable bonds is 7. The second-order valence-electron chi connectivity index (χ2n) is 4.44. The van der Waals surface area contributed by atoms with E-state index >= 15 is 0 Å². The Hall–Kier alpha value is -0.250. The van der Waals surface area contributed by atoms with Crippen LogP contribution in [-0.2, 0) is 0 Å². The van der Waals surface area contributed by atoms with Crippen molar-refractivity contribution in [3.05, 3.63) is 34.6 Å². The molecule has 2 atom stereocenters. The Morgan fingerprint density at radius 3 is 2.72 bits per heavy atom. The zero-order chi connectivity index (χ0) is 13.5. The average molecular weight is 290 g/mol. The Kier molecular flexibility index (Phi) is 7.05. The first-order valence-electron chi connectivity index (χ1n) is 6.33. The SMILES string of the molecule is CCSCCC(C)NC(C)c1ccc(F)cc1Cl. The monoisotopic (exact) mass is 289 g/mol. The summed E-state index contributed by atoms with van der Waals surface area (Å²) in [4.78, 5) is 0. The third-order valence-corrected chi connectivity index (χ3v) is 4.12. The summed E-state index contributed by atoms with van der Waals surface area (Å²) in [5.74, 6) is 2.03. The first-order chi connectivity index (χ1) is 8.54. The highest BCUT2D eigenvalue weighted by Gasteiger charge is 2.12. The molecule has 0 spiro atoms. The fraction of sp³-hybridized carbons (Fsp3) is 0.571. The predicted octanol–water partition coefficient (Wildman–Crippen LogP) is 4.66. The lowest BCUT2D eigenvalue weighted by molar-refractivity contribution is 0.471. The molecule has 18 heavy (non-hydrogen) atoms. The maximum Gasteiger partial charge on any atom is 0.124 e. The van der Waals surface area contributed by atoms with Crippen LogP contribution >= 0.6 is 23.4 Å². The van der Waals surface area contributed by atoms with E-state index in [4.69, 9.17) is 11.6 Å². The number of nitrogens with one attached hydrogen (secondary N) is 1. The van der Waals surface area contributed by atoms with Gasteiger partial charge in [0.15, 0.2) is 0 Å². The van der Waals surface area contributed by atoms with Gasteiger partial charge in [-0.3, -0.25) is 0 Å². The maximum atomic E-state index is 13.0. The maximum absolute atomic E-state index is 13.0. The molecule has 2 unspecified atom stereocenters. The van der Waals surface area contributed by atoms with Gasteiger partial charge in [-0.25, -0.2) is 4.39 Å². The standard InChI is InChI=1S/C14H21ClFNS/c1-4-18-8-7-10(2)17-11(3)13-6-5-12(16)9-14(13)15/h5-6,9-11,17H,4,7-8H2,1-3H3. The summed E-state index contributed by atoms with van der Waals surface area (Å²) in [7, 11) is 0. The third-order valence-electron chi connectivity index (χ3n) is 2.86. The van der Waals surface area contributed by atoms with Crippen LogP contribution in [0, 0.1) is 5.82 Å². The molecule has 1 nitrogen and oxygen atoms in total. The van der Waals surface area contributed by atoms with E-state index in [1.165, 1.54) is 12.1 Å². The van der Waals surface area contributed by atoms with Gasteiger partial charge < -0.3 is 5.32 Å². The van der Waals surface area contributed by atoms with Gasteiger partial charge in [0.2, 0.25) is 0 Å². The van der Waals surface area contributed by atoms with Crippen LogP contribution in [0.3, 0.4) is 0 Å². The Morgan fingerprint density at radius 2 is 2.11 bits per heavy atom. The topological polar surface area (TPSA) is 12.0 Å². The van der Waals surface area contributed by atoms with Crippen molar-refractivity contribution < 1.29 is 4.39 Å². The quantitative estimate of drug-likeness (QED) is 0.733. The van der Waals surface area contributed by atoms with Crippen LogP contribution in [0.2, 0.25) is 5.02 Å². The summed E-state index contributed by atoms with van der Waals surface area (Å²) in [6.45, 7) is 6.40. The van der Waals surface area contributed by atoms with Gasteiger partial charge in [-0.1, -0.05) is 24.6 Å². The molecule has 0 fully saturated rings. The fourth-order valence-corrected chi connectivity index (χ4v) is 3.00. The van der Waals surface area contributed by atoms with E-state index in [0.29, 0.717) is 11.1 Å². The van der Waals surface area contributed by atoms with Crippen molar-refractivity contribution >= 4 is 23.4 Å². The highest BCUT2D eigenvalue weighted by Crippen LogP contribution is 2.24. The number of hydrogen-bond donors (Lipinski definition) is 1. The van der Waals surface area contributed by atoms with Crippen LogP contribution in [0.25, 0.3) is 0 Å². The molecular formula is C14H21ClFNS. The molecule has 1 aromatic rings. The van der Waals surface area contributed by atoms with Gasteiger partial charge in [0.1, 0.15) is 5.82 Å². The molecule has 0 aliphatic heterocycles. The lowest BCUT2D eigenvalue weighted by atomic mass is 10.1. The summed E-state index contributed by atoms with van der Waals surface area (Å²) < 4.78 is 13.0. The first-order valence-corrected chi connectivity index (χ1v) is 7.86. The second-order valence-corrected chi connectivity index (χ2v) is 6.24. The van der Waals surface area contributed by atoms with Gasteiger partial charge in [0, 0.05) is 17.1 Å². The lowest BCUT2D eigenvalue weighted by Gasteiger charge is -2.21. The minimum atomic E-state index is -0.289. The molecule has 4 heteroatoms. The van der Waals surface area contributed by atoms with E-state index in [2.05, 4.69) is 26.1 Å². The second kappa shape index (κ2) is 8.03. The number of thioether (sulfide) groups is 1. The number of halogens is 2. The average Bonchev–Trinajstić information content (AvgIpc) is 2.28. The van der Waals surface area contributed by atoms with Crippen LogP contribution in [0.15, 0.2) is 18.2 Å². The van der Waals surface area contributed by atoms with Gasteiger partial charge >= 0.3 is 0 Å². The normalized spacial score (nSPS) is 14.5. The molecule has 102 valence electrons. The van der Waals surface area contributed by atoms with Crippen molar-refractivity contribution in [3.8, 4) is 0 Å². The van der Waals surface area contributed by atoms with E-state index in [0.717, 1.165) is 23.5 Å². The van der Waals surface area contributed by atoms with Gasteiger partial charge in [-0.05, 0) is 49.5 Å². The Labute approximate surface area is 118 Å². The molecule has 0 radical (unpaired) electrons. The molecule has 0 heterocycles. The van der Waals surface area contributed by atoms with E-state index < -0.39 is 0 Å². The van der Waals surface area contributed by atoms with Crippen molar-refractivity contribution in [2.45, 2.75) is 39.3 Å². The molecule has 1 rings (SSSR count). The van der Waals surface area contributed by atoms with E-state index in [1.807, 2.05) is 11.8 Å². The molecule has 0 bridgehead atoms.